The number of hydrogen-bond acceptors (Lipinski definition) is 8. The molecule has 3 amide bonds. The van der Waals surface area contributed by atoms with E-state index in [2.05, 4.69) is 10.6 Å². The first-order valence-electron chi connectivity index (χ1n) is 14.3. The van der Waals surface area contributed by atoms with Gasteiger partial charge in [-0.25, -0.2) is 13.2 Å². The number of aliphatic hydroxyl groups is 1. The molecule has 240 valence electrons. The van der Waals surface area contributed by atoms with Gasteiger partial charge in [-0.3, -0.25) is 4.79 Å². The number of ether oxygens (including phenoxy) is 3. The Morgan fingerprint density at radius 3 is 2.38 bits per heavy atom. The summed E-state index contributed by atoms with van der Waals surface area (Å²) in [5.74, 6) is 0.949. The van der Waals surface area contributed by atoms with E-state index < -0.39 is 28.2 Å². The van der Waals surface area contributed by atoms with Crippen molar-refractivity contribution in [3.63, 3.8) is 0 Å². The van der Waals surface area contributed by atoms with E-state index in [0.717, 1.165) is 0 Å². The number of carbonyl (C=O) groups excluding carboxylic acids is 2. The zero-order valence-electron chi connectivity index (χ0n) is 25.0. The Labute approximate surface area is 266 Å². The molecule has 0 unspecified atom stereocenters. The lowest BCUT2D eigenvalue weighted by molar-refractivity contribution is -0.134. The topological polar surface area (TPSA) is 147 Å². The van der Waals surface area contributed by atoms with Crippen LogP contribution in [0.5, 0.6) is 17.2 Å². The molecule has 2 aliphatic rings. The number of aliphatic hydroxyl groups excluding tert-OH is 1. The van der Waals surface area contributed by atoms with Crippen LogP contribution < -0.4 is 24.8 Å². The number of urea groups is 1. The van der Waals surface area contributed by atoms with Crippen LogP contribution >= 0.6 is 11.6 Å². The molecule has 0 saturated heterocycles. The number of nitrogens with one attached hydrogen (secondary N) is 2. The average Bonchev–Trinajstić information content (AvgIpc) is 3.49. The Morgan fingerprint density at radius 1 is 1.04 bits per heavy atom. The number of amides is 3. The number of benzene rings is 3. The van der Waals surface area contributed by atoms with Gasteiger partial charge in [0.05, 0.1) is 30.5 Å². The standard InChI is InChI=1S/C31H35ClN4O8S/c1-19-15-36(20(2)17-37)30(38)13-21-12-23(33-31(39)34-24-7-11-27-28(14-24)43-18-42-27)6-10-26(21)44-29(19)16-35(3)45(40,41)25-8-4-22(32)5-9-25/h4-12,14,19-20,29,37H,13,15-18H2,1-3H3,(H2,33,34,39)/t19-,20+,29+/m1/s1. The van der Waals surface area contributed by atoms with Crippen LogP contribution in [-0.2, 0) is 21.2 Å². The summed E-state index contributed by atoms with van der Waals surface area (Å²) in [6, 6.07) is 14.9. The predicted octanol–water partition coefficient (Wildman–Crippen LogP) is 4.18. The van der Waals surface area contributed by atoms with Crippen LogP contribution in [0.2, 0.25) is 5.02 Å². The fourth-order valence-corrected chi connectivity index (χ4v) is 6.44. The minimum absolute atomic E-state index is 0.0148. The Morgan fingerprint density at radius 2 is 1.69 bits per heavy atom. The zero-order valence-corrected chi connectivity index (χ0v) is 26.6. The predicted molar refractivity (Wildman–Crippen MR) is 168 cm³/mol. The quantitative estimate of drug-likeness (QED) is 0.327. The van der Waals surface area contributed by atoms with Crippen LogP contribution in [0, 0.1) is 5.92 Å². The van der Waals surface area contributed by atoms with Crippen molar-refractivity contribution < 1.29 is 37.3 Å². The number of anilines is 2. The fourth-order valence-electron chi connectivity index (χ4n) is 5.13. The SMILES string of the molecule is C[C@@H]1CN([C@@H](C)CO)C(=O)Cc2cc(NC(=O)Nc3ccc4c(c3)OCO4)ccc2O[C@H]1CN(C)S(=O)(=O)c1ccc(Cl)cc1. The van der Waals surface area contributed by atoms with Crippen LogP contribution in [0.25, 0.3) is 0 Å². The van der Waals surface area contributed by atoms with E-state index in [0.29, 0.717) is 39.2 Å². The van der Waals surface area contributed by atoms with E-state index in [4.69, 9.17) is 25.8 Å². The van der Waals surface area contributed by atoms with Crippen LogP contribution in [0.4, 0.5) is 16.2 Å². The molecule has 0 aromatic heterocycles. The summed E-state index contributed by atoms with van der Waals surface area (Å²) in [5, 5.41) is 15.8. The first-order chi connectivity index (χ1) is 21.4. The van der Waals surface area contributed by atoms with E-state index in [1.165, 1.54) is 35.6 Å². The van der Waals surface area contributed by atoms with Gasteiger partial charge in [0, 0.05) is 47.5 Å². The molecule has 0 saturated carbocycles. The fraction of sp³-hybridized carbons (Fsp3) is 0.355. The lowest BCUT2D eigenvalue weighted by Gasteiger charge is -2.33. The van der Waals surface area contributed by atoms with E-state index in [1.807, 2.05) is 6.92 Å². The highest BCUT2D eigenvalue weighted by molar-refractivity contribution is 7.89. The highest BCUT2D eigenvalue weighted by atomic mass is 35.5. The number of halogens is 1. The number of sulfonamides is 1. The minimum Gasteiger partial charge on any atom is -0.488 e. The molecule has 14 heteroatoms. The van der Waals surface area contributed by atoms with Crippen LogP contribution in [0.3, 0.4) is 0 Å². The second-order valence-electron chi connectivity index (χ2n) is 11.1. The smallest absolute Gasteiger partial charge is 0.323 e. The van der Waals surface area contributed by atoms with Crippen molar-refractivity contribution in [2.24, 2.45) is 5.92 Å². The molecule has 2 aliphatic heterocycles. The van der Waals surface area contributed by atoms with Gasteiger partial charge in [-0.15, -0.1) is 0 Å². The molecular formula is C31H35ClN4O8S. The monoisotopic (exact) mass is 658 g/mol. The van der Waals surface area contributed by atoms with Crippen molar-refractivity contribution >= 4 is 44.9 Å². The number of likely N-dealkylation sites (N-methyl/N-ethyl adjacent to an activating group) is 1. The van der Waals surface area contributed by atoms with Gasteiger partial charge in [0.2, 0.25) is 22.7 Å². The van der Waals surface area contributed by atoms with E-state index in [9.17, 15) is 23.1 Å². The van der Waals surface area contributed by atoms with Gasteiger partial charge in [0.15, 0.2) is 11.5 Å². The summed E-state index contributed by atoms with van der Waals surface area (Å²) >= 11 is 5.96. The Balaban J connectivity index is 1.38. The van der Waals surface area contributed by atoms with Gasteiger partial charge >= 0.3 is 6.03 Å². The van der Waals surface area contributed by atoms with Gasteiger partial charge in [0.25, 0.3) is 0 Å². The molecule has 0 bridgehead atoms. The van der Waals surface area contributed by atoms with Gasteiger partial charge in [-0.2, -0.15) is 4.31 Å². The molecular weight excluding hydrogens is 624 g/mol. The summed E-state index contributed by atoms with van der Waals surface area (Å²) < 4.78 is 45.1. The highest BCUT2D eigenvalue weighted by Gasteiger charge is 2.33. The van der Waals surface area contributed by atoms with Crippen LogP contribution in [0.1, 0.15) is 19.4 Å². The van der Waals surface area contributed by atoms with Crippen molar-refractivity contribution in [1.29, 1.82) is 0 Å². The minimum atomic E-state index is -3.88. The van der Waals surface area contributed by atoms with Crippen molar-refractivity contribution in [2.75, 3.05) is 44.2 Å². The summed E-state index contributed by atoms with van der Waals surface area (Å²) in [5.41, 5.74) is 1.41. The number of nitrogens with zero attached hydrogens (tertiary/aromatic N) is 2. The molecule has 0 aliphatic carbocycles. The van der Waals surface area contributed by atoms with E-state index >= 15 is 0 Å². The van der Waals surface area contributed by atoms with Gasteiger partial charge in [-0.05, 0) is 61.5 Å². The summed E-state index contributed by atoms with van der Waals surface area (Å²) in [6.45, 7) is 3.71. The third-order valence-electron chi connectivity index (χ3n) is 7.76. The lowest BCUT2D eigenvalue weighted by atomic mass is 10.0. The molecule has 3 aromatic rings. The number of fused-ring (bicyclic) bond motifs is 2. The van der Waals surface area contributed by atoms with Crippen molar-refractivity contribution in [3.8, 4) is 17.2 Å². The van der Waals surface area contributed by atoms with E-state index in [-0.39, 0.29) is 49.6 Å². The van der Waals surface area contributed by atoms with Crippen molar-refractivity contribution in [3.05, 3.63) is 71.2 Å². The zero-order chi connectivity index (χ0) is 32.3. The van der Waals surface area contributed by atoms with Crippen molar-refractivity contribution in [1.82, 2.24) is 9.21 Å². The Hall–Kier alpha value is -4.04. The Kier molecular flexibility index (Phi) is 9.73. The third kappa shape index (κ3) is 7.44. The molecule has 12 nitrogen and oxygen atoms in total. The van der Waals surface area contributed by atoms with Crippen LogP contribution in [-0.4, -0.2) is 80.4 Å². The van der Waals surface area contributed by atoms with Gasteiger partial charge in [-0.1, -0.05) is 18.5 Å². The molecule has 0 fully saturated rings. The molecule has 3 atom stereocenters. The second-order valence-corrected chi connectivity index (χ2v) is 13.6. The molecule has 3 N–H and O–H groups in total. The number of rotatable bonds is 8. The van der Waals surface area contributed by atoms with Crippen molar-refractivity contribution in [2.45, 2.75) is 37.3 Å². The first-order valence-corrected chi connectivity index (χ1v) is 16.2. The molecule has 0 spiro atoms. The highest BCUT2D eigenvalue weighted by Crippen LogP contribution is 2.34. The maximum atomic E-state index is 13.5. The molecule has 0 radical (unpaired) electrons. The normalized spacial score (nSPS) is 18.7. The molecule has 45 heavy (non-hydrogen) atoms. The number of hydrogen-bond donors (Lipinski definition) is 3. The summed E-state index contributed by atoms with van der Waals surface area (Å²) in [6.07, 6.45) is -0.722. The van der Waals surface area contributed by atoms with Gasteiger partial charge in [0.1, 0.15) is 11.9 Å². The molecule has 5 rings (SSSR count). The summed E-state index contributed by atoms with van der Waals surface area (Å²) in [7, 11) is -2.41. The first kappa shape index (κ1) is 32.4. The summed E-state index contributed by atoms with van der Waals surface area (Å²) in [4.78, 5) is 28.0. The lowest BCUT2D eigenvalue weighted by Crippen LogP contribution is -2.48. The second kappa shape index (κ2) is 13.5. The molecule has 2 heterocycles. The number of carbonyl (C=O) groups is 2. The maximum Gasteiger partial charge on any atom is 0.323 e. The largest absolute Gasteiger partial charge is 0.488 e. The third-order valence-corrected chi connectivity index (χ3v) is 9.85. The van der Waals surface area contributed by atoms with Gasteiger partial charge < -0.3 is 34.9 Å². The molecule has 3 aromatic carbocycles. The Bertz CT molecular complexity index is 1670. The van der Waals surface area contributed by atoms with E-state index in [1.54, 1.807) is 48.2 Å². The maximum absolute atomic E-state index is 13.5. The van der Waals surface area contributed by atoms with Crippen LogP contribution in [0.15, 0.2) is 65.6 Å². The average molecular weight is 659 g/mol.